The first-order chi connectivity index (χ1) is 17.6. The van der Waals surface area contributed by atoms with E-state index >= 15 is 0 Å². The molecule has 0 saturated carbocycles. The number of thiophene rings is 1. The molecule has 192 valence electrons. The second kappa shape index (κ2) is 10.1. The molecule has 0 bridgehead atoms. The van der Waals surface area contributed by atoms with Crippen LogP contribution in [0.1, 0.15) is 17.4 Å². The molecule has 37 heavy (non-hydrogen) atoms. The van der Waals surface area contributed by atoms with Crippen LogP contribution in [0.15, 0.2) is 71.6 Å². The van der Waals surface area contributed by atoms with E-state index in [0.717, 1.165) is 27.6 Å². The zero-order valence-corrected chi connectivity index (χ0v) is 23.1. The van der Waals surface area contributed by atoms with Crippen molar-refractivity contribution in [1.82, 2.24) is 19.6 Å². The summed E-state index contributed by atoms with van der Waals surface area (Å²) in [7, 11) is -1.25. The number of halogens is 1. The highest BCUT2D eigenvalue weighted by atomic mass is 35.5. The van der Waals surface area contributed by atoms with Crippen LogP contribution in [-0.2, 0) is 9.84 Å². The minimum Gasteiger partial charge on any atom is -0.334 e. The lowest BCUT2D eigenvalue weighted by Crippen LogP contribution is -2.52. The fraction of sp³-hybridized carbons (Fsp3) is 0.259. The number of carbonyl (C=O) groups excluding carboxylic acids is 1. The number of para-hydroxylation sites is 1. The van der Waals surface area contributed by atoms with E-state index in [1.165, 1.54) is 17.6 Å². The van der Waals surface area contributed by atoms with Crippen LogP contribution in [-0.4, -0.2) is 72.9 Å². The molecule has 0 radical (unpaired) electrons. The van der Waals surface area contributed by atoms with E-state index in [0.29, 0.717) is 29.5 Å². The third-order valence-corrected chi connectivity index (χ3v) is 9.25. The molecule has 1 atom stereocenters. The third-order valence-electron chi connectivity index (χ3n) is 6.66. The zero-order chi connectivity index (χ0) is 26.3. The predicted octanol–water partition coefficient (Wildman–Crippen LogP) is 5.10. The lowest BCUT2D eigenvalue weighted by Gasteiger charge is -2.37. The molecule has 0 N–H and O–H groups in total. The van der Waals surface area contributed by atoms with Gasteiger partial charge in [0.2, 0.25) is 0 Å². The van der Waals surface area contributed by atoms with Crippen molar-refractivity contribution in [2.24, 2.45) is 0 Å². The van der Waals surface area contributed by atoms with Gasteiger partial charge in [0.1, 0.15) is 0 Å². The third kappa shape index (κ3) is 5.22. The van der Waals surface area contributed by atoms with Crippen LogP contribution >= 0.6 is 22.9 Å². The summed E-state index contributed by atoms with van der Waals surface area (Å²) < 4.78 is 25.8. The van der Waals surface area contributed by atoms with Crippen LogP contribution in [0.25, 0.3) is 26.7 Å². The van der Waals surface area contributed by atoms with Crippen LogP contribution in [0.2, 0.25) is 5.02 Å². The Kier molecular flexibility index (Phi) is 6.97. The lowest BCUT2D eigenvalue weighted by atomic mass is 10.2. The molecule has 3 heterocycles. The Balaban J connectivity index is 1.56. The summed E-state index contributed by atoms with van der Waals surface area (Å²) in [6.45, 7) is 4.21. The minimum absolute atomic E-state index is 0.107. The van der Waals surface area contributed by atoms with Gasteiger partial charge in [-0.3, -0.25) is 4.79 Å². The maximum Gasteiger partial charge on any atom is 0.274 e. The van der Waals surface area contributed by atoms with Gasteiger partial charge in [0.15, 0.2) is 15.5 Å². The van der Waals surface area contributed by atoms with Gasteiger partial charge >= 0.3 is 0 Å². The summed E-state index contributed by atoms with van der Waals surface area (Å²) in [5, 5.41) is 5.24. The first-order valence-electron chi connectivity index (χ1n) is 11.9. The van der Waals surface area contributed by atoms with Crippen LogP contribution < -0.4 is 0 Å². The summed E-state index contributed by atoms with van der Waals surface area (Å²) >= 11 is 8.04. The van der Waals surface area contributed by atoms with Gasteiger partial charge in [0.25, 0.3) is 5.91 Å². The maximum atomic E-state index is 13.5. The van der Waals surface area contributed by atoms with Gasteiger partial charge in [-0.1, -0.05) is 35.9 Å². The molecule has 1 aliphatic rings. The number of hydrogen-bond acceptors (Lipinski definition) is 6. The molecule has 7 nitrogen and oxygen atoms in total. The van der Waals surface area contributed by atoms with Crippen LogP contribution in [0, 0.1) is 0 Å². The second-order valence-corrected chi connectivity index (χ2v) is 12.8. The van der Waals surface area contributed by atoms with Crippen molar-refractivity contribution in [3.05, 3.63) is 77.4 Å². The van der Waals surface area contributed by atoms with E-state index in [4.69, 9.17) is 16.7 Å². The molecule has 4 aromatic rings. The number of benzene rings is 2. The van der Waals surface area contributed by atoms with Gasteiger partial charge in [0.05, 0.1) is 26.2 Å². The number of amides is 1. The van der Waals surface area contributed by atoms with Crippen molar-refractivity contribution >= 4 is 38.7 Å². The fourth-order valence-electron chi connectivity index (χ4n) is 4.37. The number of likely N-dealkylation sites (N-methyl/N-ethyl adjacent to an activating group) is 1. The molecule has 5 rings (SSSR count). The number of sulfone groups is 1. The fourth-order valence-corrected chi connectivity index (χ4v) is 6.26. The smallest absolute Gasteiger partial charge is 0.274 e. The molecule has 1 saturated heterocycles. The highest BCUT2D eigenvalue weighted by molar-refractivity contribution is 7.90. The minimum atomic E-state index is -3.32. The molecule has 1 unspecified atom stereocenters. The van der Waals surface area contributed by atoms with Crippen molar-refractivity contribution in [2.45, 2.75) is 17.9 Å². The van der Waals surface area contributed by atoms with Gasteiger partial charge in [-0.25, -0.2) is 13.1 Å². The monoisotopic (exact) mass is 554 g/mol. The Morgan fingerprint density at radius 2 is 1.78 bits per heavy atom. The standard InChI is InChI=1S/C27H27ClN4O3S2/c1-18-17-31(14-13-30(18)2)27(33)22-16-24(32(29-22)23-10-5-4-9-21(23)28)26-12-11-25(36-26)19-7-6-8-20(15-19)37(3,34)35/h4-12,15-16,18H,13-14,17H2,1-3H3. The van der Waals surface area contributed by atoms with Gasteiger partial charge in [-0.15, -0.1) is 11.3 Å². The van der Waals surface area contributed by atoms with Gasteiger partial charge in [0, 0.05) is 36.8 Å². The van der Waals surface area contributed by atoms with Crippen molar-refractivity contribution in [3.8, 4) is 26.7 Å². The Bertz CT molecular complexity index is 1580. The van der Waals surface area contributed by atoms with E-state index in [1.54, 1.807) is 28.9 Å². The molecule has 1 fully saturated rings. The van der Waals surface area contributed by atoms with Crippen molar-refractivity contribution in [2.75, 3.05) is 32.9 Å². The lowest BCUT2D eigenvalue weighted by molar-refractivity contribution is 0.0566. The largest absolute Gasteiger partial charge is 0.334 e. The number of piperazine rings is 1. The average Bonchev–Trinajstić information content (AvgIpc) is 3.53. The quantitative estimate of drug-likeness (QED) is 0.343. The molecule has 0 aliphatic carbocycles. The second-order valence-electron chi connectivity index (χ2n) is 9.32. The average molecular weight is 555 g/mol. The van der Waals surface area contributed by atoms with Gasteiger partial charge < -0.3 is 9.80 Å². The summed E-state index contributed by atoms with van der Waals surface area (Å²) in [6, 6.07) is 20.3. The molecular formula is C27H27ClN4O3S2. The van der Waals surface area contributed by atoms with Crippen LogP contribution in [0.3, 0.4) is 0 Å². The molecular weight excluding hydrogens is 528 g/mol. The number of hydrogen-bond donors (Lipinski definition) is 0. The zero-order valence-electron chi connectivity index (χ0n) is 20.8. The van der Waals surface area contributed by atoms with E-state index in [2.05, 4.69) is 18.9 Å². The van der Waals surface area contributed by atoms with E-state index in [1.807, 2.05) is 47.4 Å². The first-order valence-corrected chi connectivity index (χ1v) is 15.0. The normalized spacial score (nSPS) is 16.8. The molecule has 2 aromatic carbocycles. The number of rotatable bonds is 5. The SMILES string of the molecule is CC1CN(C(=O)c2cc(-c3ccc(-c4cccc(S(C)(=O)=O)c4)s3)n(-c3ccccc3Cl)n2)CCN1C. The first kappa shape index (κ1) is 25.7. The van der Waals surface area contributed by atoms with E-state index in [-0.39, 0.29) is 16.8 Å². The van der Waals surface area contributed by atoms with Crippen molar-refractivity contribution in [3.63, 3.8) is 0 Å². The molecule has 10 heteroatoms. The topological polar surface area (TPSA) is 75.5 Å². The van der Waals surface area contributed by atoms with Gasteiger partial charge in [-0.2, -0.15) is 5.10 Å². The maximum absolute atomic E-state index is 13.5. The van der Waals surface area contributed by atoms with Crippen molar-refractivity contribution in [1.29, 1.82) is 0 Å². The molecule has 1 amide bonds. The Morgan fingerprint density at radius 3 is 2.51 bits per heavy atom. The highest BCUT2D eigenvalue weighted by Crippen LogP contribution is 2.37. The summed E-state index contributed by atoms with van der Waals surface area (Å²) in [4.78, 5) is 19.6. The number of carbonyl (C=O) groups is 1. The van der Waals surface area contributed by atoms with Gasteiger partial charge in [-0.05, 0) is 62.0 Å². The van der Waals surface area contributed by atoms with E-state index < -0.39 is 9.84 Å². The Morgan fingerprint density at radius 1 is 1.03 bits per heavy atom. The molecule has 0 spiro atoms. The number of nitrogens with zero attached hydrogens (tertiary/aromatic N) is 4. The molecule has 1 aliphatic heterocycles. The number of aromatic nitrogens is 2. The summed E-state index contributed by atoms with van der Waals surface area (Å²) in [6.07, 6.45) is 1.20. The Hall–Kier alpha value is -2.98. The van der Waals surface area contributed by atoms with E-state index in [9.17, 15) is 13.2 Å². The Labute approximate surface area is 225 Å². The van der Waals surface area contributed by atoms with Crippen LogP contribution in [0.5, 0.6) is 0 Å². The summed E-state index contributed by atoms with van der Waals surface area (Å²) in [5.74, 6) is -0.107. The van der Waals surface area contributed by atoms with Crippen LogP contribution in [0.4, 0.5) is 0 Å². The predicted molar refractivity (Wildman–Crippen MR) is 148 cm³/mol. The molecule has 2 aromatic heterocycles. The van der Waals surface area contributed by atoms with Crippen molar-refractivity contribution < 1.29 is 13.2 Å². The highest BCUT2D eigenvalue weighted by Gasteiger charge is 2.28. The summed E-state index contributed by atoms with van der Waals surface area (Å²) in [5.41, 5.74) is 2.60.